The second kappa shape index (κ2) is 8.10. The maximum absolute atomic E-state index is 12.5. The van der Waals surface area contributed by atoms with Crippen LogP contribution in [0.3, 0.4) is 0 Å². The fourth-order valence-corrected chi connectivity index (χ4v) is 4.77. The van der Waals surface area contributed by atoms with Crippen LogP contribution in [0.25, 0.3) is 0 Å². The van der Waals surface area contributed by atoms with E-state index in [0.717, 1.165) is 35.2 Å². The lowest BCUT2D eigenvalue weighted by Crippen LogP contribution is -2.27. The van der Waals surface area contributed by atoms with Crippen LogP contribution in [0.2, 0.25) is 0 Å². The third kappa shape index (κ3) is 4.87. The van der Waals surface area contributed by atoms with Crippen molar-refractivity contribution in [2.24, 2.45) is 10.7 Å². The van der Waals surface area contributed by atoms with Crippen molar-refractivity contribution < 1.29 is 8.42 Å². The Morgan fingerprint density at radius 3 is 2.26 bits per heavy atom. The van der Waals surface area contributed by atoms with Gasteiger partial charge in [0, 0.05) is 18.8 Å². The van der Waals surface area contributed by atoms with Crippen LogP contribution in [-0.4, -0.2) is 31.8 Å². The van der Waals surface area contributed by atoms with Gasteiger partial charge in [0.2, 0.25) is 10.0 Å². The number of aryl methyl sites for hydroxylation is 2. The molecule has 1 aliphatic rings. The van der Waals surface area contributed by atoms with Gasteiger partial charge in [-0.05, 0) is 67.6 Å². The second-order valence-corrected chi connectivity index (χ2v) is 8.90. The number of nitrogens with one attached hydrogen (secondary N) is 1. The highest BCUT2D eigenvalue weighted by Gasteiger charge is 2.26. The molecule has 2 aromatic carbocycles. The van der Waals surface area contributed by atoms with E-state index >= 15 is 0 Å². The summed E-state index contributed by atoms with van der Waals surface area (Å²) in [4.78, 5) is 4.67. The first-order valence-electron chi connectivity index (χ1n) is 9.09. The molecule has 0 unspecified atom stereocenters. The van der Waals surface area contributed by atoms with Crippen LogP contribution in [0.1, 0.15) is 29.5 Å². The highest BCUT2D eigenvalue weighted by atomic mass is 32.2. The SMILES string of the molecule is Cc1cc(C)cc(NC(N)=NCc2ccc(S(=O)(=O)N3CCCC3)cc2)c1. The fraction of sp³-hybridized carbons (Fsp3) is 0.350. The van der Waals surface area contributed by atoms with Crippen LogP contribution in [0, 0.1) is 13.8 Å². The molecule has 0 spiro atoms. The molecular formula is C20H26N4O2S. The Kier molecular flexibility index (Phi) is 5.82. The van der Waals surface area contributed by atoms with Crippen LogP contribution < -0.4 is 11.1 Å². The van der Waals surface area contributed by atoms with Crippen molar-refractivity contribution in [3.8, 4) is 0 Å². The van der Waals surface area contributed by atoms with Gasteiger partial charge in [-0.2, -0.15) is 4.31 Å². The lowest BCUT2D eigenvalue weighted by molar-refractivity contribution is 0.477. The van der Waals surface area contributed by atoms with Crippen molar-refractivity contribution in [3.63, 3.8) is 0 Å². The number of nitrogens with two attached hydrogens (primary N) is 1. The van der Waals surface area contributed by atoms with Crippen molar-refractivity contribution in [1.82, 2.24) is 4.31 Å². The van der Waals surface area contributed by atoms with Crippen LogP contribution in [0.5, 0.6) is 0 Å². The second-order valence-electron chi connectivity index (χ2n) is 6.96. The zero-order valence-corrected chi connectivity index (χ0v) is 16.6. The quantitative estimate of drug-likeness (QED) is 0.611. The van der Waals surface area contributed by atoms with Crippen LogP contribution in [0.4, 0.5) is 5.69 Å². The van der Waals surface area contributed by atoms with E-state index in [0.29, 0.717) is 30.5 Å². The smallest absolute Gasteiger partial charge is 0.243 e. The van der Waals surface area contributed by atoms with E-state index in [9.17, 15) is 8.42 Å². The largest absolute Gasteiger partial charge is 0.370 e. The molecule has 1 fully saturated rings. The summed E-state index contributed by atoms with van der Waals surface area (Å²) in [5, 5.41) is 3.09. The molecule has 0 aliphatic carbocycles. The number of benzene rings is 2. The predicted octanol–water partition coefficient (Wildman–Crippen LogP) is 3.01. The number of guanidine groups is 1. The summed E-state index contributed by atoms with van der Waals surface area (Å²) >= 11 is 0. The molecule has 144 valence electrons. The van der Waals surface area contributed by atoms with Crippen LogP contribution in [-0.2, 0) is 16.6 Å². The van der Waals surface area contributed by atoms with Gasteiger partial charge in [0.15, 0.2) is 5.96 Å². The average molecular weight is 387 g/mol. The van der Waals surface area contributed by atoms with E-state index in [4.69, 9.17) is 5.73 Å². The standard InChI is InChI=1S/C20H26N4O2S/c1-15-11-16(2)13-18(12-15)23-20(21)22-14-17-5-7-19(8-6-17)27(25,26)24-9-3-4-10-24/h5-8,11-13H,3-4,9-10,14H2,1-2H3,(H3,21,22,23). The van der Waals surface area contributed by atoms with Gasteiger partial charge >= 0.3 is 0 Å². The van der Waals surface area contributed by atoms with Crippen molar-refractivity contribution in [3.05, 3.63) is 59.2 Å². The van der Waals surface area contributed by atoms with Crippen molar-refractivity contribution in [1.29, 1.82) is 0 Å². The van der Waals surface area contributed by atoms with Crippen LogP contribution in [0.15, 0.2) is 52.4 Å². The summed E-state index contributed by atoms with van der Waals surface area (Å²) in [6.45, 7) is 5.66. The van der Waals surface area contributed by atoms with E-state index in [1.54, 1.807) is 28.6 Å². The lowest BCUT2D eigenvalue weighted by atomic mass is 10.1. The Balaban J connectivity index is 1.64. The third-order valence-electron chi connectivity index (χ3n) is 4.55. The molecule has 1 heterocycles. The van der Waals surface area contributed by atoms with Crippen molar-refractivity contribution in [2.45, 2.75) is 38.1 Å². The average Bonchev–Trinajstić information content (AvgIpc) is 3.15. The molecule has 0 radical (unpaired) electrons. The van der Waals surface area contributed by atoms with E-state index in [1.165, 1.54) is 0 Å². The van der Waals surface area contributed by atoms with E-state index in [1.807, 2.05) is 26.0 Å². The fourth-order valence-electron chi connectivity index (χ4n) is 3.26. The maximum atomic E-state index is 12.5. The highest BCUT2D eigenvalue weighted by molar-refractivity contribution is 7.89. The zero-order valence-electron chi connectivity index (χ0n) is 15.8. The number of rotatable bonds is 5. The van der Waals surface area contributed by atoms with Gasteiger partial charge in [-0.1, -0.05) is 18.2 Å². The van der Waals surface area contributed by atoms with Crippen molar-refractivity contribution >= 4 is 21.7 Å². The topological polar surface area (TPSA) is 87.8 Å². The van der Waals surface area contributed by atoms with E-state index in [-0.39, 0.29) is 0 Å². The molecule has 3 rings (SSSR count). The monoisotopic (exact) mass is 386 g/mol. The van der Waals surface area contributed by atoms with E-state index < -0.39 is 10.0 Å². The molecule has 6 nitrogen and oxygen atoms in total. The Bertz CT molecular complexity index is 911. The number of anilines is 1. The van der Waals surface area contributed by atoms with Gasteiger partial charge < -0.3 is 11.1 Å². The minimum atomic E-state index is -3.38. The number of hydrogen-bond donors (Lipinski definition) is 2. The summed E-state index contributed by atoms with van der Waals surface area (Å²) < 4.78 is 26.6. The highest BCUT2D eigenvalue weighted by Crippen LogP contribution is 2.21. The third-order valence-corrected chi connectivity index (χ3v) is 6.47. The molecule has 1 aliphatic heterocycles. The first kappa shape index (κ1) is 19.4. The summed E-state index contributed by atoms with van der Waals surface area (Å²) in [6.07, 6.45) is 1.86. The molecule has 2 aromatic rings. The van der Waals surface area contributed by atoms with E-state index in [2.05, 4.69) is 16.4 Å². The minimum absolute atomic E-state index is 0.328. The normalized spacial score (nSPS) is 15.9. The van der Waals surface area contributed by atoms with Gasteiger partial charge in [-0.15, -0.1) is 0 Å². The Labute approximate surface area is 161 Å². The molecule has 7 heteroatoms. The van der Waals surface area contributed by atoms with Gasteiger partial charge in [0.25, 0.3) is 0 Å². The summed E-state index contributed by atoms with van der Waals surface area (Å²) in [6, 6.07) is 13.0. The molecule has 3 N–H and O–H groups in total. The number of aliphatic imine (C=N–C) groups is 1. The van der Waals surface area contributed by atoms with Crippen molar-refractivity contribution in [2.75, 3.05) is 18.4 Å². The van der Waals surface area contributed by atoms with Gasteiger partial charge in [-0.25, -0.2) is 13.4 Å². The molecule has 0 aromatic heterocycles. The first-order chi connectivity index (χ1) is 12.8. The number of nitrogens with zero attached hydrogens (tertiary/aromatic N) is 2. The van der Waals surface area contributed by atoms with Gasteiger partial charge in [-0.3, -0.25) is 0 Å². The Hall–Kier alpha value is -2.38. The molecular weight excluding hydrogens is 360 g/mol. The molecule has 1 saturated heterocycles. The molecule has 0 amide bonds. The molecule has 0 saturated carbocycles. The van der Waals surface area contributed by atoms with Gasteiger partial charge in [0.1, 0.15) is 0 Å². The molecule has 0 bridgehead atoms. The summed E-state index contributed by atoms with van der Waals surface area (Å²) in [7, 11) is -3.38. The molecule has 0 atom stereocenters. The zero-order chi connectivity index (χ0) is 19.4. The maximum Gasteiger partial charge on any atom is 0.243 e. The summed E-state index contributed by atoms with van der Waals surface area (Å²) in [5.74, 6) is 0.328. The summed E-state index contributed by atoms with van der Waals surface area (Å²) in [5.41, 5.74) is 10.1. The lowest BCUT2D eigenvalue weighted by Gasteiger charge is -2.15. The Morgan fingerprint density at radius 2 is 1.67 bits per heavy atom. The number of hydrogen-bond acceptors (Lipinski definition) is 3. The minimum Gasteiger partial charge on any atom is -0.370 e. The first-order valence-corrected chi connectivity index (χ1v) is 10.5. The predicted molar refractivity (Wildman–Crippen MR) is 109 cm³/mol. The number of sulfonamides is 1. The van der Waals surface area contributed by atoms with Gasteiger partial charge in [0.05, 0.1) is 11.4 Å². The Morgan fingerprint density at radius 1 is 1.07 bits per heavy atom. The molecule has 27 heavy (non-hydrogen) atoms. The van der Waals surface area contributed by atoms with Crippen LogP contribution >= 0.6 is 0 Å².